The molecule has 4 rings (SSSR count). The largest absolute Gasteiger partial charge is 0.342 e. The minimum Gasteiger partial charge on any atom is -0.342 e. The van der Waals surface area contributed by atoms with E-state index >= 15 is 0 Å². The van der Waals surface area contributed by atoms with Crippen LogP contribution in [0.15, 0.2) is 28.8 Å². The maximum absolute atomic E-state index is 13.0. The first-order valence-corrected chi connectivity index (χ1v) is 8.56. The highest BCUT2D eigenvalue weighted by Crippen LogP contribution is 2.31. The van der Waals surface area contributed by atoms with Crippen molar-refractivity contribution in [3.05, 3.63) is 35.9 Å². The summed E-state index contributed by atoms with van der Waals surface area (Å²) in [4.78, 5) is 18.7. The Morgan fingerprint density at radius 1 is 1.25 bits per heavy atom. The molecule has 0 N–H and O–H groups in total. The van der Waals surface area contributed by atoms with Crippen molar-refractivity contribution in [2.45, 2.75) is 32.1 Å². The van der Waals surface area contributed by atoms with Gasteiger partial charge in [0.2, 0.25) is 5.91 Å². The van der Waals surface area contributed by atoms with E-state index < -0.39 is 0 Å². The van der Waals surface area contributed by atoms with Crippen molar-refractivity contribution in [3.63, 3.8) is 0 Å². The van der Waals surface area contributed by atoms with Gasteiger partial charge in [0.15, 0.2) is 5.82 Å². The lowest BCUT2D eigenvalue weighted by Gasteiger charge is -2.29. The fourth-order valence-electron chi connectivity index (χ4n) is 3.42. The van der Waals surface area contributed by atoms with Crippen LogP contribution in [0.25, 0.3) is 11.5 Å². The Labute approximate surface area is 139 Å². The monoisotopic (exact) mass is 329 g/mol. The second-order valence-electron chi connectivity index (χ2n) is 6.79. The number of carbonyl (C=O) groups excluding carboxylic acids is 1. The summed E-state index contributed by atoms with van der Waals surface area (Å²) in [5.41, 5.74) is 0.711. The molecule has 1 saturated heterocycles. The summed E-state index contributed by atoms with van der Waals surface area (Å²) < 4.78 is 18.2. The zero-order valence-corrected chi connectivity index (χ0v) is 13.4. The molecular formula is C18H20FN3O2. The Morgan fingerprint density at radius 3 is 2.75 bits per heavy atom. The molecule has 2 heterocycles. The van der Waals surface area contributed by atoms with E-state index in [2.05, 4.69) is 10.1 Å². The summed E-state index contributed by atoms with van der Waals surface area (Å²) in [5.74, 6) is 1.74. The number of halogens is 1. The number of nitrogens with zero attached hydrogens (tertiary/aromatic N) is 3. The highest BCUT2D eigenvalue weighted by molar-refractivity contribution is 5.79. The van der Waals surface area contributed by atoms with Gasteiger partial charge in [-0.2, -0.15) is 4.98 Å². The number of benzene rings is 1. The molecule has 1 aromatic heterocycles. The van der Waals surface area contributed by atoms with E-state index in [1.54, 1.807) is 12.1 Å². The summed E-state index contributed by atoms with van der Waals surface area (Å²) in [6.07, 6.45) is 4.97. The Bertz CT molecular complexity index is 724. The maximum atomic E-state index is 13.0. The van der Waals surface area contributed by atoms with E-state index in [0.29, 0.717) is 35.5 Å². The zero-order valence-electron chi connectivity index (χ0n) is 13.4. The molecule has 1 atom stereocenters. The standard InChI is InChI=1S/C18H20FN3O2/c19-15-6-4-13(5-7-15)17-20-16(21-24-17)10-12-8-9-22(11-12)18(23)14-2-1-3-14/h4-7,12,14H,1-3,8-11H2. The van der Waals surface area contributed by atoms with Crippen molar-refractivity contribution < 1.29 is 13.7 Å². The van der Waals surface area contributed by atoms with Gasteiger partial charge in [-0.1, -0.05) is 11.6 Å². The lowest BCUT2D eigenvalue weighted by molar-refractivity contribution is -0.137. The first-order valence-electron chi connectivity index (χ1n) is 8.56. The molecule has 5 nitrogen and oxygen atoms in total. The second kappa shape index (κ2) is 6.34. The summed E-state index contributed by atoms with van der Waals surface area (Å²) in [6.45, 7) is 1.62. The molecule has 1 aliphatic carbocycles. The van der Waals surface area contributed by atoms with Gasteiger partial charge in [0, 0.05) is 31.0 Å². The van der Waals surface area contributed by atoms with Crippen molar-refractivity contribution in [1.82, 2.24) is 15.0 Å². The van der Waals surface area contributed by atoms with Crippen LogP contribution in [0.3, 0.4) is 0 Å². The predicted molar refractivity (Wildman–Crippen MR) is 85.4 cm³/mol. The van der Waals surface area contributed by atoms with E-state index in [1.807, 2.05) is 4.90 Å². The number of hydrogen-bond donors (Lipinski definition) is 0. The van der Waals surface area contributed by atoms with E-state index in [9.17, 15) is 9.18 Å². The number of amides is 1. The van der Waals surface area contributed by atoms with Gasteiger partial charge < -0.3 is 9.42 Å². The molecule has 1 amide bonds. The molecule has 1 unspecified atom stereocenters. The van der Waals surface area contributed by atoms with Gasteiger partial charge in [-0.15, -0.1) is 0 Å². The second-order valence-corrected chi connectivity index (χ2v) is 6.79. The molecule has 1 saturated carbocycles. The van der Waals surface area contributed by atoms with Gasteiger partial charge in [-0.05, 0) is 49.4 Å². The van der Waals surface area contributed by atoms with Crippen molar-refractivity contribution in [2.75, 3.05) is 13.1 Å². The minimum absolute atomic E-state index is 0.263. The number of likely N-dealkylation sites (tertiary alicyclic amines) is 1. The predicted octanol–water partition coefficient (Wildman–Crippen LogP) is 3.07. The van der Waals surface area contributed by atoms with Crippen molar-refractivity contribution in [3.8, 4) is 11.5 Å². The molecule has 126 valence electrons. The molecule has 6 heteroatoms. The fourth-order valence-corrected chi connectivity index (χ4v) is 3.42. The van der Waals surface area contributed by atoms with Crippen LogP contribution in [-0.2, 0) is 11.2 Å². The van der Waals surface area contributed by atoms with Crippen LogP contribution in [0.2, 0.25) is 0 Å². The lowest BCUT2D eigenvalue weighted by Crippen LogP contribution is -2.37. The first kappa shape index (κ1) is 15.3. The summed E-state index contributed by atoms with van der Waals surface area (Å²) in [6, 6.07) is 6.00. The normalized spacial score (nSPS) is 21.0. The molecule has 0 spiro atoms. The third kappa shape index (κ3) is 3.05. The smallest absolute Gasteiger partial charge is 0.257 e. The molecule has 1 aromatic carbocycles. The molecule has 0 bridgehead atoms. The molecular weight excluding hydrogens is 309 g/mol. The van der Waals surface area contributed by atoms with Crippen molar-refractivity contribution in [2.24, 2.45) is 11.8 Å². The van der Waals surface area contributed by atoms with Gasteiger partial charge >= 0.3 is 0 Å². The highest BCUT2D eigenvalue weighted by Gasteiger charge is 2.34. The molecule has 1 aliphatic heterocycles. The Morgan fingerprint density at radius 2 is 2.04 bits per heavy atom. The van der Waals surface area contributed by atoms with Crippen LogP contribution in [-0.4, -0.2) is 34.0 Å². The van der Waals surface area contributed by atoms with Crippen molar-refractivity contribution in [1.29, 1.82) is 0 Å². The number of rotatable bonds is 4. The number of hydrogen-bond acceptors (Lipinski definition) is 4. The molecule has 2 fully saturated rings. The van der Waals surface area contributed by atoms with Crippen molar-refractivity contribution >= 4 is 5.91 Å². The van der Waals surface area contributed by atoms with Crippen LogP contribution in [0.5, 0.6) is 0 Å². The quantitative estimate of drug-likeness (QED) is 0.865. The van der Waals surface area contributed by atoms with Crippen LogP contribution in [0, 0.1) is 17.7 Å². The Hall–Kier alpha value is -2.24. The number of aromatic nitrogens is 2. The maximum Gasteiger partial charge on any atom is 0.257 e. The Kier molecular flexibility index (Phi) is 4.04. The summed E-state index contributed by atoms with van der Waals surface area (Å²) in [5, 5.41) is 4.03. The highest BCUT2D eigenvalue weighted by atomic mass is 19.1. The molecule has 2 aliphatic rings. The Balaban J connectivity index is 1.36. The van der Waals surface area contributed by atoms with Gasteiger partial charge in [0.1, 0.15) is 5.82 Å². The average molecular weight is 329 g/mol. The van der Waals surface area contributed by atoms with Crippen LogP contribution < -0.4 is 0 Å². The van der Waals surface area contributed by atoms with Crippen LogP contribution in [0.4, 0.5) is 4.39 Å². The number of carbonyl (C=O) groups is 1. The van der Waals surface area contributed by atoms with Crippen LogP contribution >= 0.6 is 0 Å². The van der Waals surface area contributed by atoms with E-state index in [0.717, 1.165) is 32.4 Å². The van der Waals surface area contributed by atoms with Gasteiger partial charge in [0.05, 0.1) is 0 Å². The third-order valence-electron chi connectivity index (χ3n) is 5.08. The van der Waals surface area contributed by atoms with Crippen LogP contribution in [0.1, 0.15) is 31.5 Å². The van der Waals surface area contributed by atoms with E-state index in [4.69, 9.17) is 4.52 Å². The van der Waals surface area contributed by atoms with E-state index in [-0.39, 0.29) is 11.7 Å². The van der Waals surface area contributed by atoms with Gasteiger partial charge in [0.25, 0.3) is 5.89 Å². The fraction of sp³-hybridized carbons (Fsp3) is 0.500. The zero-order chi connectivity index (χ0) is 16.5. The molecule has 0 radical (unpaired) electrons. The first-order chi connectivity index (χ1) is 11.7. The lowest BCUT2D eigenvalue weighted by atomic mass is 9.84. The van der Waals surface area contributed by atoms with Gasteiger partial charge in [-0.3, -0.25) is 4.79 Å². The van der Waals surface area contributed by atoms with E-state index in [1.165, 1.54) is 18.6 Å². The molecule has 2 aromatic rings. The minimum atomic E-state index is -0.291. The summed E-state index contributed by atoms with van der Waals surface area (Å²) >= 11 is 0. The topological polar surface area (TPSA) is 59.2 Å². The molecule has 24 heavy (non-hydrogen) atoms. The summed E-state index contributed by atoms with van der Waals surface area (Å²) in [7, 11) is 0. The third-order valence-corrected chi connectivity index (χ3v) is 5.08. The SMILES string of the molecule is O=C(C1CCC1)N1CCC(Cc2noc(-c3ccc(F)cc3)n2)C1. The van der Waals surface area contributed by atoms with Gasteiger partial charge in [-0.25, -0.2) is 4.39 Å². The average Bonchev–Trinajstić information content (AvgIpc) is 3.16.